The largest absolute Gasteiger partial charge is 0.324 e. The van der Waals surface area contributed by atoms with Crippen molar-refractivity contribution in [3.05, 3.63) is 44.7 Å². The van der Waals surface area contributed by atoms with E-state index in [9.17, 15) is 0 Å². The smallest absolute Gasteiger partial charge is 0.0949 e. The van der Waals surface area contributed by atoms with Gasteiger partial charge in [0.15, 0.2) is 0 Å². The lowest BCUT2D eigenvalue weighted by Crippen LogP contribution is -2.14. The van der Waals surface area contributed by atoms with Gasteiger partial charge in [-0.05, 0) is 45.4 Å². The summed E-state index contributed by atoms with van der Waals surface area (Å²) >= 11 is 1.74. The van der Waals surface area contributed by atoms with Crippen molar-refractivity contribution in [3.63, 3.8) is 0 Å². The maximum Gasteiger partial charge on any atom is 0.0949 e. The zero-order valence-electron chi connectivity index (χ0n) is 11.3. The summed E-state index contributed by atoms with van der Waals surface area (Å²) in [5, 5.41) is 1.12. The minimum absolute atomic E-state index is 0.00431. The fourth-order valence-corrected chi connectivity index (χ4v) is 3.01. The summed E-state index contributed by atoms with van der Waals surface area (Å²) in [6, 6.07) is 4.12. The predicted molar refractivity (Wildman–Crippen MR) is 75.9 cm³/mol. The van der Waals surface area contributed by atoms with Gasteiger partial charge >= 0.3 is 0 Å². The second-order valence-corrected chi connectivity index (χ2v) is 6.03. The number of rotatable bonds is 3. The first-order valence-electron chi connectivity index (χ1n) is 6.09. The zero-order chi connectivity index (χ0) is 13.3. The Morgan fingerprint density at radius 1 is 1.11 bits per heavy atom. The van der Waals surface area contributed by atoms with Crippen molar-refractivity contribution in [2.45, 2.75) is 40.2 Å². The molecule has 4 heteroatoms. The highest BCUT2D eigenvalue weighted by atomic mass is 32.1. The monoisotopic (exact) mass is 261 g/mol. The van der Waals surface area contributed by atoms with Crippen molar-refractivity contribution >= 4 is 11.3 Å². The number of nitrogens with zero attached hydrogens (tertiary/aromatic N) is 2. The molecule has 0 radical (unpaired) electrons. The molecule has 2 rings (SSSR count). The van der Waals surface area contributed by atoms with E-state index in [1.54, 1.807) is 11.3 Å². The molecule has 0 spiro atoms. The van der Waals surface area contributed by atoms with Gasteiger partial charge in [-0.3, -0.25) is 4.98 Å². The molecule has 0 aliphatic heterocycles. The summed E-state index contributed by atoms with van der Waals surface area (Å²) in [6.45, 7) is 8.15. The number of aryl methyl sites for hydroxylation is 4. The lowest BCUT2D eigenvalue weighted by atomic mass is 10.0. The maximum absolute atomic E-state index is 6.26. The van der Waals surface area contributed by atoms with Crippen LogP contribution in [0.1, 0.15) is 38.6 Å². The van der Waals surface area contributed by atoms with Crippen LogP contribution in [-0.4, -0.2) is 9.97 Å². The fourth-order valence-electron chi connectivity index (χ4n) is 2.01. The highest BCUT2D eigenvalue weighted by Crippen LogP contribution is 2.22. The van der Waals surface area contributed by atoms with Gasteiger partial charge < -0.3 is 5.73 Å². The van der Waals surface area contributed by atoms with Crippen molar-refractivity contribution in [1.82, 2.24) is 9.97 Å². The third-order valence-electron chi connectivity index (χ3n) is 3.00. The molecule has 0 aliphatic rings. The third kappa shape index (κ3) is 2.94. The van der Waals surface area contributed by atoms with Crippen LogP contribution in [0.25, 0.3) is 0 Å². The van der Waals surface area contributed by atoms with Gasteiger partial charge in [-0.2, -0.15) is 0 Å². The van der Waals surface area contributed by atoms with Gasteiger partial charge in [-0.1, -0.05) is 0 Å². The van der Waals surface area contributed by atoms with Crippen LogP contribution >= 0.6 is 11.3 Å². The Bertz CT molecular complexity index is 520. The summed E-state index contributed by atoms with van der Waals surface area (Å²) in [5.41, 5.74) is 10.6. The molecule has 2 heterocycles. The van der Waals surface area contributed by atoms with Crippen LogP contribution in [0.2, 0.25) is 0 Å². The highest BCUT2D eigenvalue weighted by Gasteiger charge is 2.12. The maximum atomic E-state index is 6.26. The Hall–Kier alpha value is -1.26. The highest BCUT2D eigenvalue weighted by molar-refractivity contribution is 7.11. The molecule has 2 N–H and O–H groups in total. The van der Waals surface area contributed by atoms with E-state index >= 15 is 0 Å². The molecule has 0 fully saturated rings. The number of thiazole rings is 1. The fraction of sp³-hybridized carbons (Fsp3) is 0.429. The van der Waals surface area contributed by atoms with Crippen LogP contribution in [-0.2, 0) is 6.42 Å². The van der Waals surface area contributed by atoms with Crippen molar-refractivity contribution in [2.24, 2.45) is 5.73 Å². The van der Waals surface area contributed by atoms with Crippen LogP contribution < -0.4 is 5.73 Å². The average molecular weight is 261 g/mol. The lowest BCUT2D eigenvalue weighted by Gasteiger charge is -2.11. The topological polar surface area (TPSA) is 51.8 Å². The molecule has 18 heavy (non-hydrogen) atoms. The first-order chi connectivity index (χ1) is 8.45. The van der Waals surface area contributed by atoms with E-state index in [1.165, 1.54) is 4.88 Å². The molecule has 0 amide bonds. The van der Waals surface area contributed by atoms with Crippen molar-refractivity contribution in [1.29, 1.82) is 0 Å². The Balaban J connectivity index is 2.18. The van der Waals surface area contributed by atoms with Gasteiger partial charge in [0.1, 0.15) is 0 Å². The molecular weight excluding hydrogens is 242 g/mol. The second-order valence-electron chi connectivity index (χ2n) is 4.74. The van der Waals surface area contributed by atoms with E-state index < -0.39 is 0 Å². The molecule has 0 saturated carbocycles. The van der Waals surface area contributed by atoms with Gasteiger partial charge in [0.2, 0.25) is 0 Å². The lowest BCUT2D eigenvalue weighted by molar-refractivity contribution is 0.712. The normalized spacial score (nSPS) is 12.7. The molecule has 0 saturated heterocycles. The molecule has 1 unspecified atom stereocenters. The van der Waals surface area contributed by atoms with Crippen LogP contribution in [0.15, 0.2) is 12.1 Å². The van der Waals surface area contributed by atoms with Gasteiger partial charge in [0, 0.05) is 28.7 Å². The summed E-state index contributed by atoms with van der Waals surface area (Å²) in [5.74, 6) is 0. The molecule has 2 aromatic rings. The van der Waals surface area contributed by atoms with Crippen molar-refractivity contribution < 1.29 is 0 Å². The summed E-state index contributed by atoms with van der Waals surface area (Å²) < 4.78 is 0. The van der Waals surface area contributed by atoms with Crippen LogP contribution in [0.3, 0.4) is 0 Å². The van der Waals surface area contributed by atoms with Crippen molar-refractivity contribution in [3.8, 4) is 0 Å². The summed E-state index contributed by atoms with van der Waals surface area (Å²) in [7, 11) is 0. The number of hydrogen-bond donors (Lipinski definition) is 1. The molecule has 0 aliphatic carbocycles. The quantitative estimate of drug-likeness (QED) is 0.924. The standard InChI is InChI=1S/C14H19N3S/c1-8-5-12(6-9(2)16-8)13(15)7-14-17-10(3)11(4)18-14/h5-6,13H,7,15H2,1-4H3. The Morgan fingerprint density at radius 2 is 1.72 bits per heavy atom. The molecule has 96 valence electrons. The SMILES string of the molecule is Cc1cc(C(N)Cc2nc(C)c(C)s2)cc(C)n1. The predicted octanol–water partition coefficient (Wildman–Crippen LogP) is 3.01. The van der Waals surface area contributed by atoms with Crippen LogP contribution in [0.5, 0.6) is 0 Å². The van der Waals surface area contributed by atoms with E-state index in [-0.39, 0.29) is 6.04 Å². The Morgan fingerprint density at radius 3 is 2.22 bits per heavy atom. The van der Waals surface area contributed by atoms with Crippen LogP contribution in [0, 0.1) is 27.7 Å². The first-order valence-corrected chi connectivity index (χ1v) is 6.91. The van der Waals surface area contributed by atoms with Crippen LogP contribution in [0.4, 0.5) is 0 Å². The Kier molecular flexibility index (Phi) is 3.78. The minimum Gasteiger partial charge on any atom is -0.324 e. The summed E-state index contributed by atoms with van der Waals surface area (Å²) in [4.78, 5) is 10.2. The number of hydrogen-bond acceptors (Lipinski definition) is 4. The second kappa shape index (κ2) is 5.16. The average Bonchev–Trinajstić information content (AvgIpc) is 2.56. The molecule has 1 atom stereocenters. The molecule has 0 aromatic carbocycles. The van der Waals surface area contributed by atoms with E-state index in [2.05, 4.69) is 29.0 Å². The van der Waals surface area contributed by atoms with Gasteiger partial charge in [0.05, 0.1) is 10.7 Å². The number of aromatic nitrogens is 2. The van der Waals surface area contributed by atoms with E-state index in [4.69, 9.17) is 5.73 Å². The van der Waals surface area contributed by atoms with Gasteiger partial charge in [-0.25, -0.2) is 4.98 Å². The van der Waals surface area contributed by atoms with E-state index in [0.717, 1.165) is 34.1 Å². The first kappa shape index (κ1) is 13.2. The summed E-state index contributed by atoms with van der Waals surface area (Å²) in [6.07, 6.45) is 0.794. The minimum atomic E-state index is -0.00431. The number of nitrogens with two attached hydrogens (primary N) is 1. The molecule has 2 aromatic heterocycles. The van der Waals surface area contributed by atoms with E-state index in [1.807, 2.05) is 20.8 Å². The Labute approximate surface area is 112 Å². The van der Waals surface area contributed by atoms with E-state index in [0.29, 0.717) is 0 Å². The van der Waals surface area contributed by atoms with Crippen molar-refractivity contribution in [2.75, 3.05) is 0 Å². The van der Waals surface area contributed by atoms with Gasteiger partial charge in [-0.15, -0.1) is 11.3 Å². The molecule has 3 nitrogen and oxygen atoms in total. The third-order valence-corrected chi connectivity index (χ3v) is 4.09. The zero-order valence-corrected chi connectivity index (χ0v) is 12.1. The molecular formula is C14H19N3S. The molecule has 0 bridgehead atoms. The number of pyridine rings is 1. The van der Waals surface area contributed by atoms with Gasteiger partial charge in [0.25, 0.3) is 0 Å².